The summed E-state index contributed by atoms with van der Waals surface area (Å²) in [7, 11) is 0. The van der Waals surface area contributed by atoms with Crippen LogP contribution in [0.4, 0.5) is 4.79 Å². The summed E-state index contributed by atoms with van der Waals surface area (Å²) in [6, 6.07) is 0. The smallest absolute Gasteiger partial charge is 0.410 e. The van der Waals surface area contributed by atoms with Gasteiger partial charge in [0.2, 0.25) is 0 Å². The van der Waals surface area contributed by atoms with Crippen molar-refractivity contribution in [3.63, 3.8) is 0 Å². The molecule has 0 aromatic carbocycles. The van der Waals surface area contributed by atoms with E-state index in [9.17, 15) is 9.59 Å². The minimum atomic E-state index is -0.330. The molecule has 0 aromatic rings. The van der Waals surface area contributed by atoms with Crippen LogP contribution in [-0.2, 0) is 14.3 Å². The van der Waals surface area contributed by atoms with Crippen LogP contribution in [0, 0.1) is 5.92 Å². The van der Waals surface area contributed by atoms with Crippen molar-refractivity contribution in [3.8, 4) is 0 Å². The zero-order valence-electron chi connectivity index (χ0n) is 14.4. The van der Waals surface area contributed by atoms with Crippen LogP contribution in [0.2, 0.25) is 0 Å². The number of ether oxygens (including phenoxy) is 2. The van der Waals surface area contributed by atoms with E-state index in [2.05, 4.69) is 13.5 Å². The number of amides is 1. The highest BCUT2D eigenvalue weighted by molar-refractivity contribution is 5.73. The Morgan fingerprint density at radius 1 is 1.09 bits per heavy atom. The first kappa shape index (κ1) is 19.5. The van der Waals surface area contributed by atoms with Crippen LogP contribution in [0.5, 0.6) is 0 Å². The van der Waals surface area contributed by atoms with Crippen molar-refractivity contribution in [2.24, 2.45) is 5.92 Å². The number of rotatable bonds is 10. The van der Waals surface area contributed by atoms with Gasteiger partial charge in [-0.25, -0.2) is 4.79 Å². The van der Waals surface area contributed by atoms with E-state index in [0.29, 0.717) is 32.5 Å². The molecule has 132 valence electrons. The van der Waals surface area contributed by atoms with Crippen molar-refractivity contribution in [3.05, 3.63) is 12.7 Å². The molecule has 1 rings (SSSR count). The lowest BCUT2D eigenvalue weighted by Crippen LogP contribution is -2.41. The van der Waals surface area contributed by atoms with Gasteiger partial charge in [0.05, 0.1) is 12.5 Å². The molecular formula is C18H31NO4. The summed E-state index contributed by atoms with van der Waals surface area (Å²) in [5, 5.41) is 0. The minimum Gasteiger partial charge on any atom is -0.465 e. The van der Waals surface area contributed by atoms with Crippen LogP contribution >= 0.6 is 0 Å². The number of esters is 1. The van der Waals surface area contributed by atoms with Crippen LogP contribution in [0.15, 0.2) is 12.7 Å². The molecule has 5 nitrogen and oxygen atoms in total. The molecule has 1 saturated heterocycles. The fourth-order valence-corrected chi connectivity index (χ4v) is 2.69. The first-order valence-electron chi connectivity index (χ1n) is 8.88. The van der Waals surface area contributed by atoms with Gasteiger partial charge >= 0.3 is 12.1 Å². The molecule has 0 radical (unpaired) electrons. The maximum atomic E-state index is 12.0. The molecule has 0 aliphatic carbocycles. The Hall–Kier alpha value is -1.52. The number of hydrogen-bond donors (Lipinski definition) is 0. The number of carbonyl (C=O) groups is 2. The normalized spacial score (nSPS) is 15.3. The highest BCUT2D eigenvalue weighted by atomic mass is 16.6. The topological polar surface area (TPSA) is 55.8 Å². The first-order valence-corrected chi connectivity index (χ1v) is 8.88. The van der Waals surface area contributed by atoms with E-state index >= 15 is 0 Å². The molecule has 0 atom stereocenters. The Morgan fingerprint density at radius 3 is 2.39 bits per heavy atom. The Bertz CT molecular complexity index is 362. The highest BCUT2D eigenvalue weighted by Crippen LogP contribution is 2.19. The molecule has 1 aliphatic heterocycles. The van der Waals surface area contributed by atoms with Gasteiger partial charge in [-0.15, -0.1) is 0 Å². The van der Waals surface area contributed by atoms with E-state index in [-0.39, 0.29) is 24.6 Å². The summed E-state index contributed by atoms with van der Waals surface area (Å²) in [4.78, 5) is 25.3. The number of hydrogen-bond acceptors (Lipinski definition) is 4. The van der Waals surface area contributed by atoms with Gasteiger partial charge in [0, 0.05) is 13.1 Å². The molecular weight excluding hydrogens is 294 g/mol. The number of likely N-dealkylation sites (tertiary alicyclic amines) is 1. The summed E-state index contributed by atoms with van der Waals surface area (Å²) in [5.74, 6) is -0.198. The Kier molecular flexibility index (Phi) is 10.2. The van der Waals surface area contributed by atoms with Crippen LogP contribution in [-0.4, -0.2) is 43.3 Å². The van der Waals surface area contributed by atoms with Gasteiger partial charge in [0.1, 0.15) is 6.61 Å². The minimum absolute atomic E-state index is 0.0847. The first-order chi connectivity index (χ1) is 11.2. The summed E-state index contributed by atoms with van der Waals surface area (Å²) in [5.41, 5.74) is 0. The largest absolute Gasteiger partial charge is 0.465 e. The second kappa shape index (κ2) is 12.0. The summed E-state index contributed by atoms with van der Waals surface area (Å²) >= 11 is 0. The molecule has 5 heteroatoms. The molecule has 0 N–H and O–H groups in total. The SMILES string of the molecule is C=CCOC(=O)N1CCC(C(=O)OCCCCCCCC)CC1. The maximum absolute atomic E-state index is 12.0. The number of nitrogens with zero attached hydrogens (tertiary/aromatic N) is 1. The predicted molar refractivity (Wildman–Crippen MR) is 90.2 cm³/mol. The zero-order chi connectivity index (χ0) is 16.9. The van der Waals surface area contributed by atoms with Crippen LogP contribution in [0.1, 0.15) is 58.3 Å². The average Bonchev–Trinajstić information content (AvgIpc) is 2.58. The Labute approximate surface area is 140 Å². The van der Waals surface area contributed by atoms with E-state index in [1.807, 2.05) is 0 Å². The van der Waals surface area contributed by atoms with Crippen molar-refractivity contribution in [1.82, 2.24) is 4.90 Å². The number of piperidine rings is 1. The van der Waals surface area contributed by atoms with E-state index in [4.69, 9.17) is 9.47 Å². The summed E-state index contributed by atoms with van der Waals surface area (Å²) in [6.07, 6.45) is 9.61. The van der Waals surface area contributed by atoms with Crippen molar-refractivity contribution in [1.29, 1.82) is 0 Å². The number of carbonyl (C=O) groups excluding carboxylic acids is 2. The van der Waals surface area contributed by atoms with Gasteiger partial charge in [-0.3, -0.25) is 4.79 Å². The van der Waals surface area contributed by atoms with Gasteiger partial charge in [0.25, 0.3) is 0 Å². The van der Waals surface area contributed by atoms with E-state index in [0.717, 1.165) is 12.8 Å². The fourth-order valence-electron chi connectivity index (χ4n) is 2.69. The Morgan fingerprint density at radius 2 is 1.74 bits per heavy atom. The zero-order valence-corrected chi connectivity index (χ0v) is 14.4. The van der Waals surface area contributed by atoms with Crippen molar-refractivity contribution in [2.75, 3.05) is 26.3 Å². The average molecular weight is 325 g/mol. The third kappa shape index (κ3) is 8.05. The lowest BCUT2D eigenvalue weighted by atomic mass is 9.97. The quantitative estimate of drug-likeness (QED) is 0.347. The van der Waals surface area contributed by atoms with Gasteiger partial charge in [-0.1, -0.05) is 51.7 Å². The van der Waals surface area contributed by atoms with Crippen LogP contribution < -0.4 is 0 Å². The molecule has 0 saturated carbocycles. The van der Waals surface area contributed by atoms with E-state index in [1.165, 1.54) is 25.7 Å². The second-order valence-electron chi connectivity index (χ2n) is 6.06. The summed E-state index contributed by atoms with van der Waals surface area (Å²) < 4.78 is 10.4. The van der Waals surface area contributed by atoms with E-state index in [1.54, 1.807) is 11.0 Å². The summed E-state index contributed by atoms with van der Waals surface area (Å²) in [6.45, 7) is 7.55. The molecule has 0 unspecified atom stereocenters. The lowest BCUT2D eigenvalue weighted by Gasteiger charge is -2.30. The molecule has 1 aliphatic rings. The molecule has 1 fully saturated rings. The van der Waals surface area contributed by atoms with Crippen molar-refractivity contribution in [2.45, 2.75) is 58.3 Å². The van der Waals surface area contributed by atoms with Gasteiger partial charge < -0.3 is 14.4 Å². The van der Waals surface area contributed by atoms with Gasteiger partial charge in [0.15, 0.2) is 0 Å². The molecule has 0 spiro atoms. The molecule has 23 heavy (non-hydrogen) atoms. The van der Waals surface area contributed by atoms with Crippen molar-refractivity contribution < 1.29 is 19.1 Å². The molecule has 0 aromatic heterocycles. The van der Waals surface area contributed by atoms with Crippen molar-refractivity contribution >= 4 is 12.1 Å². The predicted octanol–water partition coefficient (Wildman–Crippen LogP) is 3.92. The van der Waals surface area contributed by atoms with Gasteiger partial charge in [-0.2, -0.15) is 0 Å². The van der Waals surface area contributed by atoms with Crippen LogP contribution in [0.25, 0.3) is 0 Å². The third-order valence-electron chi connectivity index (χ3n) is 4.15. The fraction of sp³-hybridized carbons (Fsp3) is 0.778. The standard InChI is InChI=1S/C18H31NO4/c1-3-5-6-7-8-9-15-22-17(20)16-10-12-19(13-11-16)18(21)23-14-4-2/h4,16H,2-3,5-15H2,1H3. The molecule has 1 heterocycles. The highest BCUT2D eigenvalue weighted by Gasteiger charge is 2.28. The monoisotopic (exact) mass is 325 g/mol. The van der Waals surface area contributed by atoms with Crippen LogP contribution in [0.3, 0.4) is 0 Å². The third-order valence-corrected chi connectivity index (χ3v) is 4.15. The van der Waals surface area contributed by atoms with Gasteiger partial charge in [-0.05, 0) is 19.3 Å². The molecule has 0 bridgehead atoms. The number of unbranched alkanes of at least 4 members (excludes halogenated alkanes) is 5. The second-order valence-corrected chi connectivity index (χ2v) is 6.06. The van der Waals surface area contributed by atoms with E-state index < -0.39 is 0 Å². The lowest BCUT2D eigenvalue weighted by molar-refractivity contribution is -0.150. The maximum Gasteiger partial charge on any atom is 0.410 e. The molecule has 1 amide bonds. The Balaban J connectivity index is 2.10.